The highest BCUT2D eigenvalue weighted by Crippen LogP contribution is 2.29. The monoisotopic (exact) mass is 217 g/mol. The predicted molar refractivity (Wildman–Crippen MR) is 47.9 cm³/mol. The zero-order valence-electron chi connectivity index (χ0n) is 7.49. The Labute approximate surface area is 80.2 Å². The van der Waals surface area contributed by atoms with Gasteiger partial charge < -0.3 is 10.1 Å². The number of hydrogen-bond donors (Lipinski definition) is 1. The van der Waals surface area contributed by atoms with Crippen LogP contribution in [0.4, 0.5) is 13.2 Å². The van der Waals surface area contributed by atoms with E-state index in [2.05, 4.69) is 5.32 Å². The van der Waals surface area contributed by atoms with E-state index >= 15 is 0 Å². The molecule has 13 heavy (non-hydrogen) atoms. The summed E-state index contributed by atoms with van der Waals surface area (Å²) in [6.07, 6.45) is 0.827. The highest BCUT2D eigenvalue weighted by molar-refractivity contribution is 8.00. The van der Waals surface area contributed by atoms with Crippen LogP contribution in [0.2, 0.25) is 0 Å². The van der Waals surface area contributed by atoms with Gasteiger partial charge in [0.2, 0.25) is 0 Å². The molecule has 6 heteroatoms. The number of thioether (sulfide) groups is 1. The van der Waals surface area contributed by atoms with Crippen LogP contribution in [0.25, 0.3) is 0 Å². The Bertz CT molecular complexity index is 121. The van der Waals surface area contributed by atoms with Crippen molar-refractivity contribution in [2.75, 3.05) is 32.6 Å². The Balaban J connectivity index is 3.00. The van der Waals surface area contributed by atoms with Crippen LogP contribution < -0.4 is 5.32 Å². The van der Waals surface area contributed by atoms with Crippen molar-refractivity contribution < 1.29 is 17.9 Å². The van der Waals surface area contributed by atoms with Gasteiger partial charge in [0, 0.05) is 26.0 Å². The summed E-state index contributed by atoms with van der Waals surface area (Å²) in [4.78, 5) is 0. The van der Waals surface area contributed by atoms with Crippen LogP contribution in [-0.2, 0) is 4.74 Å². The second-order valence-corrected chi connectivity index (χ2v) is 3.55. The summed E-state index contributed by atoms with van der Waals surface area (Å²) < 4.78 is 39.6. The molecule has 0 spiro atoms. The summed E-state index contributed by atoms with van der Waals surface area (Å²) in [5, 5.41) is 2.89. The van der Waals surface area contributed by atoms with E-state index in [1.165, 1.54) is 0 Å². The van der Waals surface area contributed by atoms with Crippen molar-refractivity contribution >= 4 is 11.8 Å². The van der Waals surface area contributed by atoms with E-state index in [4.69, 9.17) is 4.74 Å². The van der Waals surface area contributed by atoms with Crippen LogP contribution >= 0.6 is 11.8 Å². The molecule has 0 aliphatic rings. The van der Waals surface area contributed by atoms with Gasteiger partial charge in [0.05, 0.1) is 0 Å². The largest absolute Gasteiger partial charge is 0.441 e. The third kappa shape index (κ3) is 12.1. The normalized spacial score (nSPS) is 12.0. The minimum atomic E-state index is -4.10. The molecule has 0 bridgehead atoms. The van der Waals surface area contributed by atoms with Crippen molar-refractivity contribution in [2.45, 2.75) is 11.9 Å². The fourth-order valence-corrected chi connectivity index (χ4v) is 1.18. The molecule has 0 atom stereocenters. The van der Waals surface area contributed by atoms with E-state index in [9.17, 15) is 13.2 Å². The molecule has 0 amide bonds. The lowest BCUT2D eigenvalue weighted by molar-refractivity contribution is -0.0327. The van der Waals surface area contributed by atoms with Gasteiger partial charge in [0.25, 0.3) is 0 Å². The fourth-order valence-electron chi connectivity index (χ4n) is 0.705. The highest BCUT2D eigenvalue weighted by Gasteiger charge is 2.27. The smallest absolute Gasteiger partial charge is 0.385 e. The number of rotatable bonds is 7. The molecule has 0 aliphatic heterocycles. The number of methoxy groups -OCH3 is 1. The maximum atomic E-state index is 11.6. The minimum Gasteiger partial charge on any atom is -0.385 e. The van der Waals surface area contributed by atoms with Crippen LogP contribution in [0.3, 0.4) is 0 Å². The lowest BCUT2D eigenvalue weighted by Gasteiger charge is -2.06. The first-order valence-electron chi connectivity index (χ1n) is 3.96. The predicted octanol–water partition coefficient (Wildman–Crippen LogP) is 1.87. The SMILES string of the molecule is COCCCNCCSC(F)(F)F. The van der Waals surface area contributed by atoms with Gasteiger partial charge in [0.15, 0.2) is 0 Å². The molecular formula is C7H14F3NOS. The first-order chi connectivity index (χ1) is 6.06. The summed E-state index contributed by atoms with van der Waals surface area (Å²) in [6, 6.07) is 0. The van der Waals surface area contributed by atoms with E-state index < -0.39 is 5.51 Å². The molecule has 0 unspecified atom stereocenters. The van der Waals surface area contributed by atoms with Crippen LogP contribution in [0.5, 0.6) is 0 Å². The maximum absolute atomic E-state index is 11.6. The molecule has 0 aromatic rings. The summed E-state index contributed by atoms with van der Waals surface area (Å²) in [7, 11) is 1.60. The molecule has 0 heterocycles. The molecule has 80 valence electrons. The number of ether oxygens (including phenoxy) is 1. The van der Waals surface area contributed by atoms with Crippen molar-refractivity contribution in [1.29, 1.82) is 0 Å². The summed E-state index contributed by atoms with van der Waals surface area (Å²) in [6.45, 7) is 1.72. The van der Waals surface area contributed by atoms with Gasteiger partial charge in [-0.1, -0.05) is 0 Å². The van der Waals surface area contributed by atoms with E-state index in [0.29, 0.717) is 19.7 Å². The zero-order valence-corrected chi connectivity index (χ0v) is 8.30. The van der Waals surface area contributed by atoms with Gasteiger partial charge in [-0.05, 0) is 24.7 Å². The second kappa shape index (κ2) is 7.46. The zero-order chi connectivity index (χ0) is 10.2. The molecular weight excluding hydrogens is 203 g/mol. The topological polar surface area (TPSA) is 21.3 Å². The third-order valence-corrected chi connectivity index (χ3v) is 1.98. The Morgan fingerprint density at radius 3 is 2.54 bits per heavy atom. The fraction of sp³-hybridized carbons (Fsp3) is 1.00. The maximum Gasteiger partial charge on any atom is 0.441 e. The molecule has 0 aromatic carbocycles. The van der Waals surface area contributed by atoms with E-state index in [1.54, 1.807) is 7.11 Å². The highest BCUT2D eigenvalue weighted by atomic mass is 32.2. The first kappa shape index (κ1) is 13.1. The van der Waals surface area contributed by atoms with Crippen LogP contribution in [0.15, 0.2) is 0 Å². The number of nitrogens with one attached hydrogen (secondary N) is 1. The molecule has 0 saturated heterocycles. The molecule has 0 aliphatic carbocycles. The average molecular weight is 217 g/mol. The second-order valence-electron chi connectivity index (χ2n) is 2.39. The van der Waals surface area contributed by atoms with E-state index in [1.807, 2.05) is 0 Å². The van der Waals surface area contributed by atoms with Crippen LogP contribution in [0, 0.1) is 0 Å². The van der Waals surface area contributed by atoms with Crippen molar-refractivity contribution in [3.63, 3.8) is 0 Å². The quantitative estimate of drug-likeness (QED) is 0.658. The standard InChI is InChI=1S/C7H14F3NOS/c1-12-5-2-3-11-4-6-13-7(8,9)10/h11H,2-6H2,1H3. The van der Waals surface area contributed by atoms with Gasteiger partial charge in [-0.25, -0.2) is 0 Å². The molecule has 0 saturated carbocycles. The Hall–Kier alpha value is 0.0600. The Morgan fingerprint density at radius 2 is 2.00 bits per heavy atom. The third-order valence-electron chi connectivity index (χ3n) is 1.25. The number of hydrogen-bond acceptors (Lipinski definition) is 3. The molecule has 0 aromatic heterocycles. The van der Waals surface area contributed by atoms with Gasteiger partial charge in [-0.15, -0.1) is 0 Å². The molecule has 0 rings (SSSR count). The van der Waals surface area contributed by atoms with Gasteiger partial charge >= 0.3 is 5.51 Å². The van der Waals surface area contributed by atoms with Crippen molar-refractivity contribution in [3.05, 3.63) is 0 Å². The Kier molecular flexibility index (Phi) is 7.50. The lowest BCUT2D eigenvalue weighted by atomic mass is 10.4. The molecule has 0 radical (unpaired) electrons. The van der Waals surface area contributed by atoms with E-state index in [0.717, 1.165) is 6.42 Å². The van der Waals surface area contributed by atoms with Crippen molar-refractivity contribution in [1.82, 2.24) is 5.32 Å². The summed E-state index contributed by atoms with van der Waals surface area (Å²) >= 11 is 0.00361. The minimum absolute atomic E-state index is 0.00361. The van der Waals surface area contributed by atoms with Crippen molar-refractivity contribution in [3.8, 4) is 0 Å². The van der Waals surface area contributed by atoms with Gasteiger partial charge in [-0.3, -0.25) is 0 Å². The summed E-state index contributed by atoms with van der Waals surface area (Å²) in [5.74, 6) is 0.0660. The molecule has 1 N–H and O–H groups in total. The van der Waals surface area contributed by atoms with Crippen molar-refractivity contribution in [2.24, 2.45) is 0 Å². The van der Waals surface area contributed by atoms with Gasteiger partial charge in [-0.2, -0.15) is 13.2 Å². The van der Waals surface area contributed by atoms with Crippen LogP contribution in [-0.4, -0.2) is 38.1 Å². The summed E-state index contributed by atoms with van der Waals surface area (Å²) in [5.41, 5.74) is -4.10. The van der Waals surface area contributed by atoms with Crippen LogP contribution in [0.1, 0.15) is 6.42 Å². The first-order valence-corrected chi connectivity index (χ1v) is 4.95. The van der Waals surface area contributed by atoms with E-state index in [-0.39, 0.29) is 17.5 Å². The average Bonchev–Trinajstić information content (AvgIpc) is 2.01. The lowest BCUT2D eigenvalue weighted by Crippen LogP contribution is -2.20. The number of halogens is 3. The molecule has 0 fully saturated rings. The van der Waals surface area contributed by atoms with Gasteiger partial charge in [0.1, 0.15) is 0 Å². The Morgan fingerprint density at radius 1 is 1.31 bits per heavy atom. The number of alkyl halides is 3. The molecule has 2 nitrogen and oxygen atoms in total.